The van der Waals surface area contributed by atoms with E-state index in [1.807, 2.05) is 24.3 Å². The average Bonchev–Trinajstić information content (AvgIpc) is 3.31. The zero-order valence-corrected chi connectivity index (χ0v) is 15.9. The van der Waals surface area contributed by atoms with E-state index < -0.39 is 0 Å². The highest BCUT2D eigenvalue weighted by Gasteiger charge is 2.24. The minimum absolute atomic E-state index is 0.0537. The summed E-state index contributed by atoms with van der Waals surface area (Å²) in [4.78, 5) is 28.3. The molecule has 1 fully saturated rings. The van der Waals surface area contributed by atoms with E-state index in [0.717, 1.165) is 35.1 Å². The van der Waals surface area contributed by atoms with Gasteiger partial charge in [-0.25, -0.2) is 0 Å². The Morgan fingerprint density at radius 1 is 1.31 bits per heavy atom. The van der Waals surface area contributed by atoms with Crippen molar-refractivity contribution in [2.24, 2.45) is 7.05 Å². The van der Waals surface area contributed by atoms with Crippen LogP contribution in [-0.4, -0.2) is 41.1 Å². The smallest absolute Gasteiger partial charge is 0.261 e. The van der Waals surface area contributed by atoms with E-state index in [0.29, 0.717) is 22.8 Å². The van der Waals surface area contributed by atoms with Gasteiger partial charge in [0.2, 0.25) is 0 Å². The summed E-state index contributed by atoms with van der Waals surface area (Å²) in [5.74, 6) is -0.0831. The van der Waals surface area contributed by atoms with Gasteiger partial charge in [0, 0.05) is 29.7 Å². The van der Waals surface area contributed by atoms with Crippen LogP contribution in [-0.2, 0) is 7.05 Å². The molecular weight excluding hydrogens is 346 g/mol. The first-order valence-corrected chi connectivity index (χ1v) is 9.95. The summed E-state index contributed by atoms with van der Waals surface area (Å²) in [6, 6.07) is 10.0. The summed E-state index contributed by atoms with van der Waals surface area (Å²) >= 11 is 1.41. The molecule has 0 aliphatic carbocycles. The van der Waals surface area contributed by atoms with Gasteiger partial charge in [-0.15, -0.1) is 11.3 Å². The third kappa shape index (κ3) is 2.83. The summed E-state index contributed by atoms with van der Waals surface area (Å²) in [5.41, 5.74) is 0.838. The number of carbonyl (C=O) groups is 1. The molecular formula is C20H23N3O2S. The Morgan fingerprint density at radius 3 is 2.92 bits per heavy atom. The molecule has 0 spiro atoms. The van der Waals surface area contributed by atoms with Crippen molar-refractivity contribution in [1.82, 2.24) is 14.8 Å². The van der Waals surface area contributed by atoms with Gasteiger partial charge in [0.1, 0.15) is 0 Å². The van der Waals surface area contributed by atoms with Crippen LogP contribution in [0.5, 0.6) is 0 Å². The van der Waals surface area contributed by atoms with Crippen LogP contribution in [0.1, 0.15) is 29.4 Å². The van der Waals surface area contributed by atoms with Crippen LogP contribution in [0.4, 0.5) is 0 Å². The van der Waals surface area contributed by atoms with Crippen molar-refractivity contribution in [2.75, 3.05) is 19.6 Å². The van der Waals surface area contributed by atoms with Gasteiger partial charge in [0.25, 0.3) is 11.5 Å². The number of pyridine rings is 1. The predicted octanol–water partition coefficient (Wildman–Crippen LogP) is 2.97. The van der Waals surface area contributed by atoms with Gasteiger partial charge in [-0.3, -0.25) is 14.5 Å². The number of nitrogens with zero attached hydrogens (tertiary/aromatic N) is 2. The molecule has 4 rings (SSSR count). The van der Waals surface area contributed by atoms with Crippen molar-refractivity contribution < 1.29 is 4.79 Å². The van der Waals surface area contributed by atoms with E-state index >= 15 is 0 Å². The molecule has 1 aromatic carbocycles. The number of para-hydroxylation sites is 1. The summed E-state index contributed by atoms with van der Waals surface area (Å²) in [6.07, 6.45) is 2.32. The lowest BCUT2D eigenvalue weighted by Gasteiger charge is -2.22. The molecule has 3 heterocycles. The van der Waals surface area contributed by atoms with E-state index in [9.17, 15) is 9.59 Å². The number of nitrogens with one attached hydrogen (secondary N) is 1. The summed E-state index contributed by atoms with van der Waals surface area (Å²) in [7, 11) is 1.78. The van der Waals surface area contributed by atoms with Crippen molar-refractivity contribution in [3.63, 3.8) is 0 Å². The molecule has 0 bridgehead atoms. The molecule has 1 N–H and O–H groups in total. The number of amides is 1. The Kier molecular flexibility index (Phi) is 4.54. The number of aromatic nitrogens is 1. The maximum absolute atomic E-state index is 12.7. The van der Waals surface area contributed by atoms with Crippen LogP contribution in [0.2, 0.25) is 0 Å². The van der Waals surface area contributed by atoms with E-state index in [1.54, 1.807) is 17.7 Å². The van der Waals surface area contributed by atoms with Gasteiger partial charge >= 0.3 is 0 Å². The van der Waals surface area contributed by atoms with Gasteiger partial charge in [0.15, 0.2) is 0 Å². The molecule has 2 aromatic heterocycles. The van der Waals surface area contributed by atoms with Gasteiger partial charge in [0.05, 0.1) is 15.8 Å². The van der Waals surface area contributed by atoms with E-state index in [4.69, 9.17) is 0 Å². The molecule has 3 aromatic rings. The minimum atomic E-state index is -0.0831. The lowest BCUT2D eigenvalue weighted by Crippen LogP contribution is -2.39. The fourth-order valence-electron chi connectivity index (χ4n) is 3.95. The fraction of sp³-hybridized carbons (Fsp3) is 0.400. The highest BCUT2D eigenvalue weighted by Crippen LogP contribution is 2.30. The van der Waals surface area contributed by atoms with Crippen LogP contribution in [0, 0.1) is 0 Å². The molecule has 26 heavy (non-hydrogen) atoms. The Bertz CT molecular complexity index is 1040. The van der Waals surface area contributed by atoms with E-state index in [1.165, 1.54) is 17.8 Å². The number of rotatable bonds is 4. The van der Waals surface area contributed by atoms with Gasteiger partial charge in [-0.1, -0.05) is 25.1 Å². The van der Waals surface area contributed by atoms with Crippen LogP contribution in [0.3, 0.4) is 0 Å². The second kappa shape index (κ2) is 6.85. The number of likely N-dealkylation sites (tertiary alicyclic amines) is 1. The first kappa shape index (κ1) is 17.2. The van der Waals surface area contributed by atoms with Crippen molar-refractivity contribution in [3.05, 3.63) is 45.6 Å². The predicted molar refractivity (Wildman–Crippen MR) is 107 cm³/mol. The van der Waals surface area contributed by atoms with Gasteiger partial charge in [-0.2, -0.15) is 0 Å². The highest BCUT2D eigenvalue weighted by molar-refractivity contribution is 7.21. The number of fused-ring (bicyclic) bond motifs is 3. The summed E-state index contributed by atoms with van der Waals surface area (Å²) < 4.78 is 2.55. The van der Waals surface area contributed by atoms with Gasteiger partial charge < -0.3 is 9.88 Å². The zero-order valence-electron chi connectivity index (χ0n) is 15.1. The molecule has 1 aliphatic rings. The number of carbonyl (C=O) groups excluding carboxylic acids is 1. The van der Waals surface area contributed by atoms with E-state index in [2.05, 4.69) is 17.1 Å². The maximum atomic E-state index is 12.7. The Balaban J connectivity index is 1.65. The van der Waals surface area contributed by atoms with E-state index in [-0.39, 0.29) is 11.5 Å². The molecule has 136 valence electrons. The molecule has 1 atom stereocenters. The summed E-state index contributed by atoms with van der Waals surface area (Å²) in [6.45, 7) is 4.96. The molecule has 0 saturated carbocycles. The first-order chi connectivity index (χ1) is 12.6. The van der Waals surface area contributed by atoms with Crippen LogP contribution in [0.25, 0.3) is 21.0 Å². The molecule has 0 radical (unpaired) electrons. The van der Waals surface area contributed by atoms with Crippen LogP contribution in [0.15, 0.2) is 35.1 Å². The average molecular weight is 369 g/mol. The maximum Gasteiger partial charge on any atom is 0.261 e. The summed E-state index contributed by atoms with van der Waals surface area (Å²) in [5, 5.41) is 4.71. The quantitative estimate of drug-likeness (QED) is 0.769. The number of thiophene rings is 1. The molecule has 6 heteroatoms. The first-order valence-electron chi connectivity index (χ1n) is 9.13. The van der Waals surface area contributed by atoms with Crippen molar-refractivity contribution in [2.45, 2.75) is 25.8 Å². The van der Waals surface area contributed by atoms with Crippen LogP contribution < -0.4 is 10.9 Å². The molecule has 1 aliphatic heterocycles. The number of benzene rings is 1. The normalized spacial score (nSPS) is 18.0. The zero-order chi connectivity index (χ0) is 18.3. The Hall–Kier alpha value is -2.18. The highest BCUT2D eigenvalue weighted by atomic mass is 32.1. The number of hydrogen-bond acceptors (Lipinski definition) is 4. The minimum Gasteiger partial charge on any atom is -0.350 e. The largest absolute Gasteiger partial charge is 0.350 e. The standard InChI is InChI=1S/C20H23N3O2S/c1-3-23-10-6-7-13(23)12-21-19(24)17-11-15-18(26-17)14-8-4-5-9-16(14)22(2)20(15)25/h4-5,8-9,11,13H,3,6-7,10,12H2,1-2H3,(H,21,24). The lowest BCUT2D eigenvalue weighted by atomic mass is 10.1. The molecule has 1 saturated heterocycles. The van der Waals surface area contributed by atoms with Crippen molar-refractivity contribution >= 4 is 38.2 Å². The number of hydrogen-bond donors (Lipinski definition) is 1. The monoisotopic (exact) mass is 369 g/mol. The van der Waals surface area contributed by atoms with Crippen LogP contribution >= 0.6 is 11.3 Å². The molecule has 1 unspecified atom stereocenters. The third-order valence-corrected chi connectivity index (χ3v) is 6.57. The Labute approximate surface area is 156 Å². The van der Waals surface area contributed by atoms with Gasteiger partial charge in [-0.05, 0) is 38.1 Å². The SMILES string of the molecule is CCN1CCCC1CNC(=O)c1cc2c(=O)n(C)c3ccccc3c2s1. The third-order valence-electron chi connectivity index (χ3n) is 5.40. The number of aryl methyl sites for hydroxylation is 1. The van der Waals surface area contributed by atoms with Crippen molar-refractivity contribution in [3.8, 4) is 0 Å². The van der Waals surface area contributed by atoms with Crippen molar-refractivity contribution in [1.29, 1.82) is 0 Å². The molecule has 1 amide bonds. The second-order valence-electron chi connectivity index (χ2n) is 6.87. The topological polar surface area (TPSA) is 54.3 Å². The number of likely N-dealkylation sites (N-methyl/N-ethyl adjacent to an activating group) is 1. The Morgan fingerprint density at radius 2 is 2.12 bits per heavy atom. The fourth-order valence-corrected chi connectivity index (χ4v) is 5.05. The second-order valence-corrected chi connectivity index (χ2v) is 7.92. The lowest BCUT2D eigenvalue weighted by molar-refractivity contribution is 0.0945. The molecule has 5 nitrogen and oxygen atoms in total.